The number of hydrogen-bond acceptors (Lipinski definition) is 8. The van der Waals surface area contributed by atoms with Gasteiger partial charge in [-0.15, -0.1) is 0 Å². The number of ketones is 2. The van der Waals surface area contributed by atoms with Gasteiger partial charge in [0.2, 0.25) is 12.3 Å². The fraction of sp³-hybridized carbons (Fsp3) is 0.750. The third kappa shape index (κ3) is 2.52. The van der Waals surface area contributed by atoms with E-state index in [1.165, 1.54) is 0 Å². The van der Waals surface area contributed by atoms with Gasteiger partial charge in [0.25, 0.3) is 0 Å². The number of nitrogens with one attached hydrogen (secondary N) is 1. The van der Waals surface area contributed by atoms with Crippen LogP contribution in [-0.2, 0) is 19.1 Å². The van der Waals surface area contributed by atoms with Gasteiger partial charge in [-0.1, -0.05) is 0 Å². The third-order valence-electron chi connectivity index (χ3n) is 3.70. The van der Waals surface area contributed by atoms with Crippen molar-refractivity contribution in [3.63, 3.8) is 0 Å². The number of amides is 1. The van der Waals surface area contributed by atoms with Crippen LogP contribution in [0.1, 0.15) is 20.8 Å². The molecule has 1 aliphatic rings. The molecule has 1 heterocycles. The van der Waals surface area contributed by atoms with E-state index in [0.29, 0.717) is 0 Å². The fourth-order valence-corrected chi connectivity index (χ4v) is 2.60. The maximum Gasteiger partial charge on any atom is 0.226 e. The zero-order valence-corrected chi connectivity index (χ0v) is 12.1. The number of halogens is 1. The van der Waals surface area contributed by atoms with Crippen LogP contribution in [-0.4, -0.2) is 73.9 Å². The molecule has 0 saturated carbocycles. The molecule has 1 fully saturated rings. The average Bonchev–Trinajstić information content (AvgIpc) is 2.37. The Morgan fingerprint density at radius 2 is 1.59 bits per heavy atom. The zero-order valence-electron chi connectivity index (χ0n) is 12.1. The van der Waals surface area contributed by atoms with E-state index in [9.17, 15) is 34.1 Å². The predicted octanol–water partition coefficient (Wildman–Crippen LogP) is -2.86. The van der Waals surface area contributed by atoms with E-state index >= 15 is 0 Å². The highest BCUT2D eigenvalue weighted by Gasteiger charge is 2.71. The Hall–Kier alpha value is -1.46. The van der Waals surface area contributed by atoms with E-state index in [2.05, 4.69) is 4.74 Å². The first-order valence-corrected chi connectivity index (χ1v) is 6.30. The number of carbonyl (C=O) groups excluding carboxylic acids is 3. The number of Topliss-reactive ketones (excluding diaryl/α,β-unsaturated/α-hetero) is 2. The maximum atomic E-state index is 13.3. The van der Waals surface area contributed by atoms with Gasteiger partial charge in [-0.05, 0) is 13.8 Å². The summed E-state index contributed by atoms with van der Waals surface area (Å²) in [6.07, 6.45) is -7.58. The summed E-state index contributed by atoms with van der Waals surface area (Å²) in [5, 5.41) is 41.8. The lowest BCUT2D eigenvalue weighted by Crippen LogP contribution is -2.82. The quantitative estimate of drug-likeness (QED) is 0.370. The second-order valence-electron chi connectivity index (χ2n) is 5.14. The van der Waals surface area contributed by atoms with Crippen molar-refractivity contribution in [3.05, 3.63) is 0 Å². The maximum absolute atomic E-state index is 13.3. The fourth-order valence-electron chi connectivity index (χ4n) is 2.60. The standard InChI is InChI=1S/C12H18FNO8/c1-4(15)11(20)7(14-6(3)17)10(19)22-8(9(13)18)12(11,21)5(2)16/h7-10,18-21H,1-3H3,(H,14,17)/t7-,8+,9?,10-,11+,12+/m0/s1. The van der Waals surface area contributed by atoms with Crippen molar-refractivity contribution in [1.29, 1.82) is 0 Å². The van der Waals surface area contributed by atoms with Gasteiger partial charge >= 0.3 is 0 Å². The lowest BCUT2D eigenvalue weighted by Gasteiger charge is -2.53. The number of aliphatic hydroxyl groups is 4. The van der Waals surface area contributed by atoms with E-state index in [-0.39, 0.29) is 0 Å². The SMILES string of the molecule is CC(=O)N[C@H]1[C@@H](O)O[C@H](C(O)F)[C@](O)(C(C)=O)[C@@]1(O)C(C)=O. The van der Waals surface area contributed by atoms with Crippen molar-refractivity contribution < 1.29 is 43.9 Å². The number of ether oxygens (including phenoxy) is 1. The predicted molar refractivity (Wildman–Crippen MR) is 66.9 cm³/mol. The van der Waals surface area contributed by atoms with E-state index in [1.807, 2.05) is 5.32 Å². The molecule has 6 atom stereocenters. The number of alkyl halides is 1. The van der Waals surface area contributed by atoms with Gasteiger partial charge in [0.15, 0.2) is 35.2 Å². The Labute approximate surface area is 124 Å². The summed E-state index contributed by atoms with van der Waals surface area (Å²) in [7, 11) is 0. The highest BCUT2D eigenvalue weighted by atomic mass is 19.1. The Morgan fingerprint density at radius 3 is 1.91 bits per heavy atom. The molecule has 0 aromatic carbocycles. The second-order valence-corrected chi connectivity index (χ2v) is 5.14. The molecule has 0 spiro atoms. The Morgan fingerprint density at radius 1 is 1.14 bits per heavy atom. The molecule has 1 rings (SSSR count). The first-order chi connectivity index (χ1) is 9.90. The molecule has 0 bridgehead atoms. The topological polar surface area (TPSA) is 153 Å². The van der Waals surface area contributed by atoms with Crippen LogP contribution in [0.5, 0.6) is 0 Å². The Balaban J connectivity index is 3.58. The third-order valence-corrected chi connectivity index (χ3v) is 3.70. The van der Waals surface area contributed by atoms with Crippen LogP contribution < -0.4 is 5.32 Å². The van der Waals surface area contributed by atoms with Crippen LogP contribution in [0.4, 0.5) is 4.39 Å². The molecule has 1 aliphatic heterocycles. The van der Waals surface area contributed by atoms with E-state index in [4.69, 9.17) is 5.11 Å². The zero-order chi connectivity index (χ0) is 17.5. The first-order valence-electron chi connectivity index (χ1n) is 6.30. The van der Waals surface area contributed by atoms with E-state index in [0.717, 1.165) is 20.8 Å². The number of rotatable bonds is 4. The molecule has 5 N–H and O–H groups in total. The van der Waals surface area contributed by atoms with Crippen LogP contribution in [0.3, 0.4) is 0 Å². The Kier molecular flexibility index (Phi) is 5.04. The van der Waals surface area contributed by atoms with Gasteiger partial charge in [0, 0.05) is 6.92 Å². The Bertz CT molecular complexity index is 498. The van der Waals surface area contributed by atoms with Crippen LogP contribution in [0.15, 0.2) is 0 Å². The molecule has 0 aromatic heterocycles. The molecule has 1 amide bonds. The summed E-state index contributed by atoms with van der Waals surface area (Å²) in [4.78, 5) is 34.8. The molecule has 0 aromatic rings. The van der Waals surface area contributed by atoms with Gasteiger partial charge < -0.3 is 30.5 Å². The summed E-state index contributed by atoms with van der Waals surface area (Å²) < 4.78 is 17.9. The lowest BCUT2D eigenvalue weighted by atomic mass is 9.67. The van der Waals surface area contributed by atoms with Crippen molar-refractivity contribution in [2.24, 2.45) is 0 Å². The molecule has 126 valence electrons. The van der Waals surface area contributed by atoms with Gasteiger partial charge in [-0.2, -0.15) is 0 Å². The summed E-state index contributed by atoms with van der Waals surface area (Å²) in [5.74, 6) is -3.36. The van der Waals surface area contributed by atoms with Crippen molar-refractivity contribution in [3.8, 4) is 0 Å². The number of carbonyl (C=O) groups is 3. The monoisotopic (exact) mass is 323 g/mol. The second kappa shape index (κ2) is 5.97. The van der Waals surface area contributed by atoms with Gasteiger partial charge in [-0.25, -0.2) is 4.39 Å². The van der Waals surface area contributed by atoms with E-state index in [1.54, 1.807) is 0 Å². The normalized spacial score (nSPS) is 39.9. The summed E-state index contributed by atoms with van der Waals surface area (Å²) >= 11 is 0. The summed E-state index contributed by atoms with van der Waals surface area (Å²) in [6.45, 7) is 2.48. The molecule has 0 radical (unpaired) electrons. The van der Waals surface area contributed by atoms with Crippen molar-refractivity contribution in [2.75, 3.05) is 0 Å². The minimum Gasteiger partial charge on any atom is -0.377 e. The van der Waals surface area contributed by atoms with Gasteiger partial charge in [0.1, 0.15) is 6.04 Å². The van der Waals surface area contributed by atoms with Gasteiger partial charge in [-0.3, -0.25) is 14.4 Å². The van der Waals surface area contributed by atoms with Crippen LogP contribution in [0.25, 0.3) is 0 Å². The summed E-state index contributed by atoms with van der Waals surface area (Å²) in [5.41, 5.74) is -6.33. The minimum atomic E-state index is -3.22. The van der Waals surface area contributed by atoms with Crippen molar-refractivity contribution >= 4 is 17.5 Å². The average molecular weight is 323 g/mol. The highest BCUT2D eigenvalue weighted by molar-refractivity contribution is 5.99. The first kappa shape index (κ1) is 18.6. The molecule has 9 nitrogen and oxygen atoms in total. The van der Waals surface area contributed by atoms with Crippen LogP contribution >= 0.6 is 0 Å². The number of hydrogen-bond donors (Lipinski definition) is 5. The minimum absolute atomic E-state index is 0.731. The smallest absolute Gasteiger partial charge is 0.226 e. The molecule has 1 unspecified atom stereocenters. The van der Waals surface area contributed by atoms with E-state index < -0.39 is 53.5 Å². The molecule has 0 aliphatic carbocycles. The summed E-state index contributed by atoms with van der Waals surface area (Å²) in [6, 6.07) is -1.95. The molecule has 10 heteroatoms. The molecular formula is C12H18FNO8. The van der Waals surface area contributed by atoms with Gasteiger partial charge in [0.05, 0.1) is 0 Å². The molecule has 22 heavy (non-hydrogen) atoms. The van der Waals surface area contributed by atoms with Crippen LogP contribution in [0, 0.1) is 0 Å². The largest absolute Gasteiger partial charge is 0.377 e. The molecule has 1 saturated heterocycles. The lowest BCUT2D eigenvalue weighted by molar-refractivity contribution is -0.326. The van der Waals surface area contributed by atoms with Crippen molar-refractivity contribution in [2.45, 2.75) is 56.8 Å². The number of aliphatic hydroxyl groups excluding tert-OH is 2. The molecular weight excluding hydrogens is 305 g/mol. The van der Waals surface area contributed by atoms with Crippen molar-refractivity contribution in [1.82, 2.24) is 5.32 Å². The highest BCUT2D eigenvalue weighted by Crippen LogP contribution is 2.40. The van der Waals surface area contributed by atoms with Crippen LogP contribution in [0.2, 0.25) is 0 Å².